The van der Waals surface area contributed by atoms with Gasteiger partial charge in [0.1, 0.15) is 0 Å². The fourth-order valence-electron chi connectivity index (χ4n) is 3.73. The third-order valence-corrected chi connectivity index (χ3v) is 6.76. The first-order chi connectivity index (χ1) is 24.6. The standard InChI is InChI=1S/C37H75NO13/c1-36(2,3)8-10-38-35(39)7-11-40-13-15-42-17-19-44-21-23-46-25-27-48-29-31-50-33-34-51-32-30-49-28-26-47-24-22-45-20-18-43-16-14-41-12-9-37(4,5)6/h7-34H2,1-6H3,(H,38,39). The Labute approximate surface area is 309 Å². The van der Waals surface area contributed by atoms with Gasteiger partial charge in [0.05, 0.1) is 152 Å². The summed E-state index contributed by atoms with van der Waals surface area (Å²) in [5, 5.41) is 2.92. The van der Waals surface area contributed by atoms with Gasteiger partial charge in [-0.05, 0) is 23.7 Å². The van der Waals surface area contributed by atoms with Crippen molar-refractivity contribution in [1.82, 2.24) is 5.32 Å². The van der Waals surface area contributed by atoms with E-state index >= 15 is 0 Å². The first-order valence-corrected chi connectivity index (χ1v) is 18.8. The van der Waals surface area contributed by atoms with Crippen LogP contribution in [0.3, 0.4) is 0 Å². The molecule has 0 aliphatic carbocycles. The SMILES string of the molecule is CC(C)(C)CCNC(=O)CCOCCOCCOCCOCCOCCOCCOCCOCCOCCOCCOCCOCCC(C)(C)C. The van der Waals surface area contributed by atoms with Crippen molar-refractivity contribution in [3.63, 3.8) is 0 Å². The molecule has 1 amide bonds. The molecule has 0 fully saturated rings. The molecule has 0 aromatic heterocycles. The summed E-state index contributed by atoms with van der Waals surface area (Å²) in [6.07, 6.45) is 2.36. The Morgan fingerprint density at radius 2 is 0.549 bits per heavy atom. The van der Waals surface area contributed by atoms with E-state index in [9.17, 15) is 4.79 Å². The van der Waals surface area contributed by atoms with Crippen molar-refractivity contribution in [3.05, 3.63) is 0 Å². The third-order valence-electron chi connectivity index (χ3n) is 6.76. The van der Waals surface area contributed by atoms with Crippen molar-refractivity contribution in [3.8, 4) is 0 Å². The van der Waals surface area contributed by atoms with Crippen molar-refractivity contribution in [1.29, 1.82) is 0 Å². The molecule has 0 saturated heterocycles. The first-order valence-electron chi connectivity index (χ1n) is 18.8. The van der Waals surface area contributed by atoms with Gasteiger partial charge in [0.2, 0.25) is 5.91 Å². The van der Waals surface area contributed by atoms with Crippen LogP contribution in [0.15, 0.2) is 0 Å². The molecule has 14 heteroatoms. The lowest BCUT2D eigenvalue weighted by atomic mass is 9.92. The molecular weight excluding hydrogens is 666 g/mol. The van der Waals surface area contributed by atoms with E-state index in [4.69, 9.17) is 56.8 Å². The number of carbonyl (C=O) groups excluding carboxylic acids is 1. The molecule has 0 heterocycles. The Balaban J connectivity index is 3.12. The number of amides is 1. The summed E-state index contributed by atoms with van der Waals surface area (Å²) in [6.45, 7) is 26.2. The van der Waals surface area contributed by atoms with E-state index in [-0.39, 0.29) is 11.3 Å². The highest BCUT2D eigenvalue weighted by molar-refractivity contribution is 5.75. The first kappa shape index (κ1) is 50.0. The van der Waals surface area contributed by atoms with Crippen molar-refractivity contribution >= 4 is 5.91 Å². The largest absolute Gasteiger partial charge is 0.379 e. The number of rotatable bonds is 40. The topological polar surface area (TPSA) is 140 Å². The van der Waals surface area contributed by atoms with Gasteiger partial charge in [0.25, 0.3) is 0 Å². The predicted octanol–water partition coefficient (Wildman–Crippen LogP) is 3.56. The Hall–Kier alpha value is -1.01. The quantitative estimate of drug-likeness (QED) is 0.0917. The van der Waals surface area contributed by atoms with Gasteiger partial charge in [-0.3, -0.25) is 4.79 Å². The summed E-state index contributed by atoms with van der Waals surface area (Å²) < 4.78 is 65.9. The molecule has 0 radical (unpaired) electrons. The van der Waals surface area contributed by atoms with E-state index in [1.165, 1.54) is 0 Å². The highest BCUT2D eigenvalue weighted by atomic mass is 16.6. The molecule has 306 valence electrons. The van der Waals surface area contributed by atoms with Gasteiger partial charge in [0.15, 0.2) is 0 Å². The average molecular weight is 742 g/mol. The van der Waals surface area contributed by atoms with E-state index in [0.29, 0.717) is 170 Å². The zero-order chi connectivity index (χ0) is 37.6. The fraction of sp³-hybridized carbons (Fsp3) is 0.973. The van der Waals surface area contributed by atoms with Crippen LogP contribution in [0.1, 0.15) is 60.8 Å². The molecule has 0 aliphatic heterocycles. The van der Waals surface area contributed by atoms with Crippen molar-refractivity contribution in [2.45, 2.75) is 60.8 Å². The molecular formula is C37H75NO13. The van der Waals surface area contributed by atoms with Crippen LogP contribution < -0.4 is 5.32 Å². The molecule has 1 N–H and O–H groups in total. The molecule has 0 atom stereocenters. The second kappa shape index (κ2) is 37.3. The van der Waals surface area contributed by atoms with Gasteiger partial charge in [-0.25, -0.2) is 0 Å². The summed E-state index contributed by atoms with van der Waals surface area (Å²) in [4.78, 5) is 11.7. The Morgan fingerprint density at radius 1 is 0.333 bits per heavy atom. The van der Waals surface area contributed by atoms with Crippen LogP contribution in [0.2, 0.25) is 0 Å². The molecule has 0 rings (SSSR count). The van der Waals surface area contributed by atoms with E-state index in [1.54, 1.807) is 0 Å². The minimum absolute atomic E-state index is 0.0196. The van der Waals surface area contributed by atoms with Crippen molar-refractivity contribution < 1.29 is 61.6 Å². The summed E-state index contributed by atoms with van der Waals surface area (Å²) >= 11 is 0. The van der Waals surface area contributed by atoms with Crippen molar-refractivity contribution in [2.75, 3.05) is 165 Å². The lowest BCUT2D eigenvalue weighted by Gasteiger charge is -2.17. The second-order valence-electron chi connectivity index (χ2n) is 14.1. The van der Waals surface area contributed by atoms with Gasteiger partial charge in [-0.15, -0.1) is 0 Å². The van der Waals surface area contributed by atoms with Crippen molar-refractivity contribution in [2.24, 2.45) is 10.8 Å². The maximum atomic E-state index is 11.7. The summed E-state index contributed by atoms with van der Waals surface area (Å²) in [5.74, 6) is 0.0196. The van der Waals surface area contributed by atoms with E-state index < -0.39 is 0 Å². The number of hydrogen-bond acceptors (Lipinski definition) is 13. The van der Waals surface area contributed by atoms with Crippen LogP contribution in [0, 0.1) is 10.8 Å². The summed E-state index contributed by atoms with van der Waals surface area (Å²) in [5.41, 5.74) is 0.517. The molecule has 0 bridgehead atoms. The summed E-state index contributed by atoms with van der Waals surface area (Å²) in [6, 6.07) is 0. The Bertz CT molecular complexity index is 720. The minimum atomic E-state index is 0.0196. The zero-order valence-electron chi connectivity index (χ0n) is 33.1. The monoisotopic (exact) mass is 742 g/mol. The summed E-state index contributed by atoms with van der Waals surface area (Å²) in [7, 11) is 0. The van der Waals surface area contributed by atoms with Gasteiger partial charge in [0, 0.05) is 19.6 Å². The molecule has 51 heavy (non-hydrogen) atoms. The van der Waals surface area contributed by atoms with E-state index in [1.807, 2.05) is 0 Å². The van der Waals surface area contributed by atoms with Gasteiger partial charge < -0.3 is 62.2 Å². The zero-order valence-corrected chi connectivity index (χ0v) is 33.1. The van der Waals surface area contributed by atoms with E-state index in [2.05, 4.69) is 46.9 Å². The highest BCUT2D eigenvalue weighted by Gasteiger charge is 2.10. The second-order valence-corrected chi connectivity index (χ2v) is 14.1. The number of ether oxygens (including phenoxy) is 12. The van der Waals surface area contributed by atoms with Gasteiger partial charge in [-0.2, -0.15) is 0 Å². The average Bonchev–Trinajstić information content (AvgIpc) is 3.06. The van der Waals surface area contributed by atoms with Crippen LogP contribution in [-0.4, -0.2) is 171 Å². The van der Waals surface area contributed by atoms with Crippen LogP contribution >= 0.6 is 0 Å². The van der Waals surface area contributed by atoms with E-state index in [0.717, 1.165) is 19.4 Å². The smallest absolute Gasteiger partial charge is 0.222 e. The van der Waals surface area contributed by atoms with Crippen LogP contribution in [-0.2, 0) is 61.6 Å². The maximum absolute atomic E-state index is 11.7. The Kier molecular flexibility index (Phi) is 36.6. The molecule has 14 nitrogen and oxygen atoms in total. The normalized spacial score (nSPS) is 12.2. The molecule has 0 saturated carbocycles. The molecule has 0 aromatic rings. The van der Waals surface area contributed by atoms with Crippen LogP contribution in [0.4, 0.5) is 0 Å². The van der Waals surface area contributed by atoms with Gasteiger partial charge >= 0.3 is 0 Å². The minimum Gasteiger partial charge on any atom is -0.379 e. The molecule has 0 unspecified atom stereocenters. The number of hydrogen-bond donors (Lipinski definition) is 1. The molecule has 0 aliphatic rings. The van der Waals surface area contributed by atoms with Gasteiger partial charge in [-0.1, -0.05) is 41.5 Å². The highest BCUT2D eigenvalue weighted by Crippen LogP contribution is 2.18. The lowest BCUT2D eigenvalue weighted by Crippen LogP contribution is -2.28. The lowest BCUT2D eigenvalue weighted by molar-refractivity contribution is -0.122. The number of carbonyl (C=O) groups is 1. The third kappa shape index (κ3) is 47.0. The van der Waals surface area contributed by atoms with Crippen LogP contribution in [0.5, 0.6) is 0 Å². The predicted molar refractivity (Wildman–Crippen MR) is 196 cm³/mol. The number of nitrogens with one attached hydrogen (secondary N) is 1. The molecule has 0 aromatic carbocycles. The molecule has 0 spiro atoms. The Morgan fingerprint density at radius 3 is 0.784 bits per heavy atom. The van der Waals surface area contributed by atoms with Crippen LogP contribution in [0.25, 0.3) is 0 Å². The fourth-order valence-corrected chi connectivity index (χ4v) is 3.73. The maximum Gasteiger partial charge on any atom is 0.222 e.